The molecule has 1 atom stereocenters. The summed E-state index contributed by atoms with van der Waals surface area (Å²) >= 11 is 0. The van der Waals surface area contributed by atoms with Gasteiger partial charge in [-0.2, -0.15) is 0 Å². The summed E-state index contributed by atoms with van der Waals surface area (Å²) in [6.45, 7) is 6.57. The Morgan fingerprint density at radius 2 is 0.578 bits per heavy atom. The van der Waals surface area contributed by atoms with Gasteiger partial charge in [0.2, 0.25) is 0 Å². The molecule has 0 aliphatic heterocycles. The highest BCUT2D eigenvalue weighted by Crippen LogP contribution is 2.14. The topological polar surface area (TPSA) is 78.9 Å². The van der Waals surface area contributed by atoms with Crippen molar-refractivity contribution in [2.75, 3.05) is 13.2 Å². The Hall–Kier alpha value is -2.89. The van der Waals surface area contributed by atoms with E-state index in [0.717, 1.165) is 70.6 Å². The first-order valence-corrected chi connectivity index (χ1v) is 27.3. The standard InChI is InChI=1S/C58H102O6/c1-4-7-10-13-16-19-22-25-28-29-31-33-36-39-42-45-48-51-57(60)63-54-55(53-62-56(59)50-47-44-41-38-35-32-27-24-21-18-15-12-9-6-3)64-58(61)52-49-46-43-40-37-34-30-26-23-20-17-14-11-8-5-2/h20,23,25,28,31-33,35,39,42,55H,4-19,21-22,24,26-27,29-30,34,36-38,40-41,43-54H2,1-3H3/b23-20-,28-25-,33-31-,35-32-,42-39-. The van der Waals surface area contributed by atoms with E-state index in [2.05, 4.69) is 81.5 Å². The third-order valence-electron chi connectivity index (χ3n) is 11.7. The van der Waals surface area contributed by atoms with E-state index in [-0.39, 0.29) is 37.5 Å². The van der Waals surface area contributed by atoms with Crippen LogP contribution in [0.4, 0.5) is 0 Å². The molecule has 0 saturated carbocycles. The van der Waals surface area contributed by atoms with Gasteiger partial charge < -0.3 is 14.2 Å². The molecule has 370 valence electrons. The molecule has 0 aliphatic rings. The van der Waals surface area contributed by atoms with Crippen LogP contribution >= 0.6 is 0 Å². The van der Waals surface area contributed by atoms with Gasteiger partial charge in [-0.1, -0.05) is 210 Å². The maximum absolute atomic E-state index is 12.8. The van der Waals surface area contributed by atoms with Crippen LogP contribution in [0.3, 0.4) is 0 Å². The van der Waals surface area contributed by atoms with Gasteiger partial charge in [0.15, 0.2) is 6.10 Å². The van der Waals surface area contributed by atoms with E-state index in [4.69, 9.17) is 14.2 Å². The van der Waals surface area contributed by atoms with Crippen LogP contribution in [0.1, 0.15) is 271 Å². The number of rotatable bonds is 49. The van der Waals surface area contributed by atoms with Crippen LogP contribution in [-0.2, 0) is 28.6 Å². The molecule has 0 aliphatic carbocycles. The summed E-state index contributed by atoms with van der Waals surface area (Å²) in [4.78, 5) is 38.0. The molecule has 0 saturated heterocycles. The number of esters is 3. The quantitative estimate of drug-likeness (QED) is 0.0262. The first-order valence-electron chi connectivity index (χ1n) is 27.3. The van der Waals surface area contributed by atoms with Crippen molar-refractivity contribution in [3.8, 4) is 0 Å². The van der Waals surface area contributed by atoms with Crippen molar-refractivity contribution in [3.05, 3.63) is 60.8 Å². The van der Waals surface area contributed by atoms with E-state index in [1.165, 1.54) is 154 Å². The maximum atomic E-state index is 12.8. The van der Waals surface area contributed by atoms with Crippen molar-refractivity contribution in [2.45, 2.75) is 277 Å². The SMILES string of the molecule is CCCCCC/C=C\CCCCCCCCCC(=O)OC(COC(=O)CCC/C=C\C/C=C\C/C=C\CCCCCCCC)COC(=O)CCCCC/C=C\CCCCCCCCC. The van der Waals surface area contributed by atoms with Crippen molar-refractivity contribution in [1.29, 1.82) is 0 Å². The zero-order valence-corrected chi connectivity index (χ0v) is 42.3. The Morgan fingerprint density at radius 3 is 0.984 bits per heavy atom. The average Bonchev–Trinajstić information content (AvgIpc) is 3.29. The second kappa shape index (κ2) is 52.7. The van der Waals surface area contributed by atoms with Gasteiger partial charge in [0.25, 0.3) is 0 Å². The van der Waals surface area contributed by atoms with E-state index in [1.54, 1.807) is 0 Å². The molecule has 0 bridgehead atoms. The maximum Gasteiger partial charge on any atom is 0.306 e. The van der Waals surface area contributed by atoms with Gasteiger partial charge in [0.05, 0.1) is 0 Å². The number of allylic oxidation sites excluding steroid dienone is 10. The Balaban J connectivity index is 4.47. The predicted octanol–water partition coefficient (Wildman–Crippen LogP) is 18.0. The van der Waals surface area contributed by atoms with Crippen LogP contribution in [0.25, 0.3) is 0 Å². The molecule has 0 N–H and O–H groups in total. The first kappa shape index (κ1) is 61.1. The highest BCUT2D eigenvalue weighted by Gasteiger charge is 2.19. The van der Waals surface area contributed by atoms with Crippen LogP contribution in [0.5, 0.6) is 0 Å². The number of carbonyl (C=O) groups excluding carboxylic acids is 3. The van der Waals surface area contributed by atoms with E-state index in [9.17, 15) is 14.4 Å². The fourth-order valence-corrected chi connectivity index (χ4v) is 7.56. The first-order chi connectivity index (χ1) is 31.5. The van der Waals surface area contributed by atoms with Gasteiger partial charge in [-0.3, -0.25) is 14.4 Å². The zero-order valence-electron chi connectivity index (χ0n) is 42.3. The van der Waals surface area contributed by atoms with Gasteiger partial charge in [0, 0.05) is 19.3 Å². The third kappa shape index (κ3) is 50.1. The summed E-state index contributed by atoms with van der Waals surface area (Å²) < 4.78 is 16.8. The number of carbonyl (C=O) groups is 3. The van der Waals surface area contributed by atoms with Gasteiger partial charge in [-0.15, -0.1) is 0 Å². The number of hydrogen-bond acceptors (Lipinski definition) is 6. The molecule has 0 heterocycles. The lowest BCUT2D eigenvalue weighted by Gasteiger charge is -2.18. The molecular formula is C58H102O6. The van der Waals surface area contributed by atoms with E-state index >= 15 is 0 Å². The minimum atomic E-state index is -0.802. The lowest BCUT2D eigenvalue weighted by molar-refractivity contribution is -0.167. The largest absolute Gasteiger partial charge is 0.462 e. The minimum absolute atomic E-state index is 0.0988. The smallest absolute Gasteiger partial charge is 0.306 e. The summed E-state index contributed by atoms with van der Waals surface area (Å²) in [6, 6.07) is 0. The van der Waals surface area contributed by atoms with Crippen molar-refractivity contribution in [2.24, 2.45) is 0 Å². The van der Waals surface area contributed by atoms with Crippen molar-refractivity contribution in [1.82, 2.24) is 0 Å². The summed E-state index contributed by atoms with van der Waals surface area (Å²) in [6.07, 6.45) is 65.0. The number of hydrogen-bond donors (Lipinski definition) is 0. The van der Waals surface area contributed by atoms with E-state index in [0.29, 0.717) is 19.3 Å². The molecule has 0 aromatic heterocycles. The molecule has 0 rings (SSSR count). The van der Waals surface area contributed by atoms with Gasteiger partial charge in [-0.05, 0) is 103 Å². The molecular weight excluding hydrogens is 793 g/mol. The fourth-order valence-electron chi connectivity index (χ4n) is 7.56. The van der Waals surface area contributed by atoms with Gasteiger partial charge in [0.1, 0.15) is 13.2 Å². The molecule has 1 unspecified atom stereocenters. The van der Waals surface area contributed by atoms with Crippen molar-refractivity contribution < 1.29 is 28.6 Å². The molecule has 0 fully saturated rings. The molecule has 0 aromatic rings. The summed E-state index contributed by atoms with van der Waals surface area (Å²) in [7, 11) is 0. The van der Waals surface area contributed by atoms with Gasteiger partial charge >= 0.3 is 17.9 Å². The molecule has 6 nitrogen and oxygen atoms in total. The predicted molar refractivity (Wildman–Crippen MR) is 275 cm³/mol. The Kier molecular flexibility index (Phi) is 50.4. The van der Waals surface area contributed by atoms with Crippen LogP contribution in [-0.4, -0.2) is 37.2 Å². The number of ether oxygens (including phenoxy) is 3. The molecule has 0 spiro atoms. The summed E-state index contributed by atoms with van der Waals surface area (Å²) in [5, 5.41) is 0. The molecule has 0 aromatic carbocycles. The Labute approximate surface area is 396 Å². The Bertz CT molecular complexity index is 1170. The third-order valence-corrected chi connectivity index (χ3v) is 11.7. The second-order valence-electron chi connectivity index (χ2n) is 18.1. The van der Waals surface area contributed by atoms with Crippen LogP contribution in [0, 0.1) is 0 Å². The summed E-state index contributed by atoms with van der Waals surface area (Å²) in [5.74, 6) is -0.966. The molecule has 0 radical (unpaired) electrons. The second-order valence-corrected chi connectivity index (χ2v) is 18.1. The van der Waals surface area contributed by atoms with Crippen LogP contribution in [0.2, 0.25) is 0 Å². The lowest BCUT2D eigenvalue weighted by atomic mass is 10.1. The van der Waals surface area contributed by atoms with E-state index < -0.39 is 6.10 Å². The fraction of sp³-hybridized carbons (Fsp3) is 0.776. The van der Waals surface area contributed by atoms with Crippen LogP contribution < -0.4 is 0 Å². The van der Waals surface area contributed by atoms with E-state index in [1.807, 2.05) is 0 Å². The Morgan fingerprint density at radius 1 is 0.312 bits per heavy atom. The molecule has 6 heteroatoms. The zero-order chi connectivity index (χ0) is 46.5. The van der Waals surface area contributed by atoms with Gasteiger partial charge in [-0.25, -0.2) is 0 Å². The lowest BCUT2D eigenvalue weighted by Crippen LogP contribution is -2.30. The molecule has 0 amide bonds. The highest BCUT2D eigenvalue weighted by atomic mass is 16.6. The van der Waals surface area contributed by atoms with Crippen LogP contribution in [0.15, 0.2) is 60.8 Å². The number of unbranched alkanes of at least 4 members (excludes halogenated alkanes) is 28. The van der Waals surface area contributed by atoms with Crippen molar-refractivity contribution in [3.63, 3.8) is 0 Å². The average molecular weight is 895 g/mol. The summed E-state index contributed by atoms with van der Waals surface area (Å²) in [5.41, 5.74) is 0. The normalized spacial score (nSPS) is 12.5. The molecule has 64 heavy (non-hydrogen) atoms. The minimum Gasteiger partial charge on any atom is -0.462 e. The van der Waals surface area contributed by atoms with Crippen molar-refractivity contribution >= 4 is 17.9 Å². The monoisotopic (exact) mass is 895 g/mol. The highest BCUT2D eigenvalue weighted by molar-refractivity contribution is 5.71.